The molecule has 0 spiro atoms. The monoisotopic (exact) mass is 297 g/mol. The van der Waals surface area contributed by atoms with Gasteiger partial charge in [0.25, 0.3) is 0 Å². The highest BCUT2D eigenvalue weighted by molar-refractivity contribution is 6.30. The fourth-order valence-corrected chi connectivity index (χ4v) is 2.98. The second kappa shape index (κ2) is 6.57. The SMILES string of the molecule is CCC(c1ccc(Cl)cc1)N(C)C1COCC1C(=O)O. The van der Waals surface area contributed by atoms with Gasteiger partial charge in [0, 0.05) is 17.1 Å². The van der Waals surface area contributed by atoms with Crippen molar-refractivity contribution >= 4 is 17.6 Å². The summed E-state index contributed by atoms with van der Waals surface area (Å²) in [5.41, 5.74) is 1.15. The predicted octanol–water partition coefficient (Wildman–Crippen LogP) is 2.82. The molecule has 3 unspecified atom stereocenters. The molecule has 1 aliphatic rings. The van der Waals surface area contributed by atoms with E-state index in [-0.39, 0.29) is 12.1 Å². The van der Waals surface area contributed by atoms with Crippen molar-refractivity contribution in [2.24, 2.45) is 5.92 Å². The molecule has 1 aliphatic heterocycles. The second-order valence-corrected chi connectivity index (χ2v) is 5.63. The van der Waals surface area contributed by atoms with Gasteiger partial charge in [-0.15, -0.1) is 0 Å². The Morgan fingerprint density at radius 1 is 1.45 bits per heavy atom. The molecule has 1 aromatic carbocycles. The molecule has 4 nitrogen and oxygen atoms in total. The van der Waals surface area contributed by atoms with Crippen molar-refractivity contribution in [1.29, 1.82) is 0 Å². The number of halogens is 1. The molecular weight excluding hydrogens is 278 g/mol. The molecule has 1 aromatic rings. The number of carbonyl (C=O) groups is 1. The maximum Gasteiger partial charge on any atom is 0.310 e. The van der Waals surface area contributed by atoms with Crippen LogP contribution < -0.4 is 0 Å². The zero-order valence-corrected chi connectivity index (χ0v) is 12.5. The number of carboxylic acid groups (broad SMARTS) is 1. The van der Waals surface area contributed by atoms with Crippen LogP contribution >= 0.6 is 11.6 Å². The van der Waals surface area contributed by atoms with Crippen LogP contribution in [-0.2, 0) is 9.53 Å². The highest BCUT2D eigenvalue weighted by Crippen LogP contribution is 2.30. The molecule has 5 heteroatoms. The van der Waals surface area contributed by atoms with Crippen LogP contribution in [0.3, 0.4) is 0 Å². The van der Waals surface area contributed by atoms with Crippen molar-refractivity contribution in [3.63, 3.8) is 0 Å². The van der Waals surface area contributed by atoms with E-state index in [4.69, 9.17) is 16.3 Å². The smallest absolute Gasteiger partial charge is 0.310 e. The average Bonchev–Trinajstić information content (AvgIpc) is 2.91. The Balaban J connectivity index is 2.18. The van der Waals surface area contributed by atoms with Gasteiger partial charge in [-0.25, -0.2) is 0 Å². The number of nitrogens with zero attached hydrogens (tertiary/aromatic N) is 1. The van der Waals surface area contributed by atoms with E-state index in [1.807, 2.05) is 31.3 Å². The number of benzene rings is 1. The molecule has 0 radical (unpaired) electrons. The first-order valence-corrected chi connectivity index (χ1v) is 7.20. The van der Waals surface area contributed by atoms with Crippen molar-refractivity contribution < 1.29 is 14.6 Å². The standard InChI is InChI=1S/C15H20ClNO3/c1-3-13(10-4-6-11(16)7-5-10)17(2)14-9-20-8-12(14)15(18)19/h4-7,12-14H,3,8-9H2,1-2H3,(H,18,19). The highest BCUT2D eigenvalue weighted by Gasteiger charge is 2.38. The Kier molecular flexibility index (Phi) is 5.02. The molecule has 0 saturated carbocycles. The third-order valence-corrected chi connectivity index (χ3v) is 4.28. The maximum atomic E-state index is 11.3. The van der Waals surface area contributed by atoms with Crippen molar-refractivity contribution in [1.82, 2.24) is 4.90 Å². The lowest BCUT2D eigenvalue weighted by molar-refractivity contribution is -0.143. The lowest BCUT2D eigenvalue weighted by Crippen LogP contribution is -2.42. The maximum absolute atomic E-state index is 11.3. The van der Waals surface area contributed by atoms with Crippen LogP contribution in [0.25, 0.3) is 0 Å². The lowest BCUT2D eigenvalue weighted by atomic mass is 9.97. The van der Waals surface area contributed by atoms with Crippen LogP contribution in [-0.4, -0.2) is 42.3 Å². The van der Waals surface area contributed by atoms with Crippen molar-refractivity contribution in [3.8, 4) is 0 Å². The molecule has 0 aliphatic carbocycles. The first-order valence-electron chi connectivity index (χ1n) is 6.82. The summed E-state index contributed by atoms with van der Waals surface area (Å²) in [5.74, 6) is -1.24. The van der Waals surface area contributed by atoms with E-state index in [2.05, 4.69) is 11.8 Å². The fourth-order valence-electron chi connectivity index (χ4n) is 2.86. The first-order chi connectivity index (χ1) is 9.54. The molecule has 3 atom stereocenters. The molecule has 0 aromatic heterocycles. The van der Waals surface area contributed by atoms with E-state index in [9.17, 15) is 9.90 Å². The normalized spacial score (nSPS) is 24.0. The molecule has 1 fully saturated rings. The molecular formula is C15H20ClNO3. The molecule has 1 N–H and O–H groups in total. The zero-order chi connectivity index (χ0) is 14.7. The van der Waals surface area contributed by atoms with Gasteiger partial charge in [-0.1, -0.05) is 30.7 Å². The summed E-state index contributed by atoms with van der Waals surface area (Å²) in [7, 11) is 1.97. The molecule has 0 amide bonds. The Morgan fingerprint density at radius 3 is 2.65 bits per heavy atom. The largest absolute Gasteiger partial charge is 0.481 e. The Bertz CT molecular complexity index is 463. The number of hydrogen-bond acceptors (Lipinski definition) is 3. The molecule has 1 saturated heterocycles. The highest BCUT2D eigenvalue weighted by atomic mass is 35.5. The van der Waals surface area contributed by atoms with E-state index in [1.165, 1.54) is 0 Å². The van der Waals surface area contributed by atoms with E-state index in [1.54, 1.807) is 0 Å². The van der Waals surface area contributed by atoms with Gasteiger partial charge in [-0.05, 0) is 31.2 Å². The van der Waals surface area contributed by atoms with Crippen molar-refractivity contribution in [3.05, 3.63) is 34.9 Å². The third-order valence-electron chi connectivity index (χ3n) is 4.02. The van der Waals surface area contributed by atoms with Gasteiger partial charge in [-0.2, -0.15) is 0 Å². The van der Waals surface area contributed by atoms with Gasteiger partial charge < -0.3 is 9.84 Å². The lowest BCUT2D eigenvalue weighted by Gasteiger charge is -2.34. The summed E-state index contributed by atoms with van der Waals surface area (Å²) in [5, 5.41) is 9.98. The van der Waals surface area contributed by atoms with Gasteiger partial charge in [0.05, 0.1) is 19.1 Å². The van der Waals surface area contributed by atoms with E-state index >= 15 is 0 Å². The summed E-state index contributed by atoms with van der Waals surface area (Å²) in [4.78, 5) is 13.4. The number of hydrogen-bond donors (Lipinski definition) is 1. The summed E-state index contributed by atoms with van der Waals surface area (Å²) >= 11 is 5.92. The van der Waals surface area contributed by atoms with Gasteiger partial charge in [0.1, 0.15) is 0 Å². The van der Waals surface area contributed by atoms with E-state index < -0.39 is 11.9 Å². The van der Waals surface area contributed by atoms with Crippen LogP contribution in [0.15, 0.2) is 24.3 Å². The third kappa shape index (κ3) is 3.14. The van der Waals surface area contributed by atoms with Crippen LogP contribution in [0.4, 0.5) is 0 Å². The minimum absolute atomic E-state index is 0.0897. The minimum atomic E-state index is -0.787. The number of ether oxygens (including phenoxy) is 1. The molecule has 1 heterocycles. The molecule has 2 rings (SSSR count). The topological polar surface area (TPSA) is 49.8 Å². The van der Waals surface area contributed by atoms with Crippen LogP contribution in [0.2, 0.25) is 5.02 Å². The summed E-state index contributed by atoms with van der Waals surface area (Å²) in [6.45, 7) is 2.86. The van der Waals surface area contributed by atoms with E-state index in [0.717, 1.165) is 12.0 Å². The summed E-state index contributed by atoms with van der Waals surface area (Å²) in [6.07, 6.45) is 0.904. The number of likely N-dealkylation sites (N-methyl/N-ethyl adjacent to an activating group) is 1. The predicted molar refractivity (Wildman–Crippen MR) is 78.0 cm³/mol. The minimum Gasteiger partial charge on any atom is -0.481 e. The molecule has 0 bridgehead atoms. The van der Waals surface area contributed by atoms with Gasteiger partial charge >= 0.3 is 5.97 Å². The fraction of sp³-hybridized carbons (Fsp3) is 0.533. The zero-order valence-electron chi connectivity index (χ0n) is 11.8. The second-order valence-electron chi connectivity index (χ2n) is 5.19. The van der Waals surface area contributed by atoms with Gasteiger partial charge in [-0.3, -0.25) is 9.69 Å². The number of aliphatic carboxylic acids is 1. The van der Waals surface area contributed by atoms with Crippen LogP contribution in [0.5, 0.6) is 0 Å². The summed E-state index contributed by atoms with van der Waals surface area (Å²) < 4.78 is 5.36. The van der Waals surface area contributed by atoms with Crippen LogP contribution in [0.1, 0.15) is 24.9 Å². The average molecular weight is 298 g/mol. The van der Waals surface area contributed by atoms with Gasteiger partial charge in [0.2, 0.25) is 0 Å². The molecule has 110 valence electrons. The van der Waals surface area contributed by atoms with Crippen LogP contribution in [0, 0.1) is 5.92 Å². The van der Waals surface area contributed by atoms with Crippen molar-refractivity contribution in [2.45, 2.75) is 25.4 Å². The van der Waals surface area contributed by atoms with Crippen molar-refractivity contribution in [2.75, 3.05) is 20.3 Å². The number of rotatable bonds is 5. The van der Waals surface area contributed by atoms with Gasteiger partial charge in [0.15, 0.2) is 0 Å². The Hall–Kier alpha value is -1.10. The Morgan fingerprint density at radius 2 is 2.10 bits per heavy atom. The quantitative estimate of drug-likeness (QED) is 0.908. The molecule has 20 heavy (non-hydrogen) atoms. The number of carboxylic acids is 1. The summed E-state index contributed by atoms with van der Waals surface area (Å²) in [6, 6.07) is 7.81. The Labute approximate surface area is 124 Å². The first kappa shape index (κ1) is 15.3. The van der Waals surface area contributed by atoms with E-state index in [0.29, 0.717) is 18.2 Å².